The monoisotopic (exact) mass is 353 g/mol. The second kappa shape index (κ2) is 6.16. The van der Waals surface area contributed by atoms with Crippen molar-refractivity contribution in [3.8, 4) is 11.5 Å². The van der Waals surface area contributed by atoms with Crippen LogP contribution in [-0.4, -0.2) is 20.3 Å². The summed E-state index contributed by atoms with van der Waals surface area (Å²) in [6.07, 6.45) is 0.928. The summed E-state index contributed by atoms with van der Waals surface area (Å²) in [6.45, 7) is 1.44. The molecule has 1 unspecified atom stereocenters. The first-order valence-electron chi connectivity index (χ1n) is 6.58. The molecule has 20 heavy (non-hydrogen) atoms. The molecule has 2 heterocycles. The highest BCUT2D eigenvalue weighted by Crippen LogP contribution is 2.36. The molecule has 0 saturated carbocycles. The lowest BCUT2D eigenvalue weighted by Gasteiger charge is -2.17. The van der Waals surface area contributed by atoms with E-state index in [2.05, 4.69) is 44.8 Å². The average Bonchev–Trinajstić information content (AvgIpc) is 2.75. The van der Waals surface area contributed by atoms with Crippen LogP contribution in [0, 0.1) is 0 Å². The first kappa shape index (κ1) is 13.9. The molecule has 2 aromatic rings. The number of rotatable bonds is 3. The minimum Gasteiger partial charge on any atom is -0.490 e. The lowest BCUT2D eigenvalue weighted by Crippen LogP contribution is -2.16. The van der Waals surface area contributed by atoms with Crippen LogP contribution < -0.4 is 14.8 Å². The molecule has 1 N–H and O–H groups in total. The molecule has 1 atom stereocenters. The molecule has 0 spiro atoms. The number of halogens is 1. The van der Waals surface area contributed by atoms with Crippen LogP contribution in [0.3, 0.4) is 0 Å². The normalized spacial score (nSPS) is 15.7. The van der Waals surface area contributed by atoms with E-state index in [1.165, 1.54) is 10.4 Å². The van der Waals surface area contributed by atoms with Crippen molar-refractivity contribution in [1.82, 2.24) is 5.32 Å². The van der Waals surface area contributed by atoms with Crippen molar-refractivity contribution < 1.29 is 9.47 Å². The van der Waals surface area contributed by atoms with Gasteiger partial charge in [0.1, 0.15) is 0 Å². The average molecular weight is 354 g/mol. The van der Waals surface area contributed by atoms with Gasteiger partial charge in [0.15, 0.2) is 11.5 Å². The van der Waals surface area contributed by atoms with E-state index < -0.39 is 0 Å². The number of nitrogens with one attached hydrogen (secondary N) is 1. The maximum atomic E-state index is 5.77. The molecular formula is C15H16BrNO2S. The molecule has 1 aliphatic rings. The van der Waals surface area contributed by atoms with Gasteiger partial charge in [0, 0.05) is 21.2 Å². The first-order chi connectivity index (χ1) is 9.78. The summed E-state index contributed by atoms with van der Waals surface area (Å²) in [7, 11) is 1.97. The van der Waals surface area contributed by atoms with Crippen LogP contribution in [0.1, 0.15) is 22.9 Å². The van der Waals surface area contributed by atoms with Crippen LogP contribution in [-0.2, 0) is 0 Å². The second-order valence-electron chi connectivity index (χ2n) is 4.65. The zero-order chi connectivity index (χ0) is 13.9. The molecule has 0 radical (unpaired) electrons. The summed E-state index contributed by atoms with van der Waals surface area (Å²) >= 11 is 5.25. The molecule has 1 aromatic carbocycles. The molecule has 106 valence electrons. The van der Waals surface area contributed by atoms with Gasteiger partial charge in [0.25, 0.3) is 0 Å². The van der Waals surface area contributed by atoms with E-state index in [4.69, 9.17) is 9.47 Å². The summed E-state index contributed by atoms with van der Waals surface area (Å²) in [5.74, 6) is 1.68. The third-order valence-electron chi connectivity index (χ3n) is 3.27. The number of hydrogen-bond donors (Lipinski definition) is 1. The molecule has 3 nitrogen and oxygen atoms in total. The Morgan fingerprint density at radius 2 is 2.00 bits per heavy atom. The Kier molecular flexibility index (Phi) is 4.29. The fourth-order valence-corrected chi connectivity index (χ4v) is 3.89. The minimum atomic E-state index is 0.170. The van der Waals surface area contributed by atoms with Crippen LogP contribution in [0.25, 0.3) is 0 Å². The van der Waals surface area contributed by atoms with E-state index in [1.807, 2.05) is 13.1 Å². The minimum absolute atomic E-state index is 0.170. The topological polar surface area (TPSA) is 30.5 Å². The van der Waals surface area contributed by atoms with Crippen molar-refractivity contribution >= 4 is 27.3 Å². The van der Waals surface area contributed by atoms with Crippen molar-refractivity contribution in [3.05, 3.63) is 44.6 Å². The fraction of sp³-hybridized carbons (Fsp3) is 0.333. The summed E-state index contributed by atoms with van der Waals surface area (Å²) in [5.41, 5.74) is 1.19. The van der Waals surface area contributed by atoms with E-state index in [0.29, 0.717) is 6.61 Å². The zero-order valence-electron chi connectivity index (χ0n) is 11.2. The van der Waals surface area contributed by atoms with Gasteiger partial charge in [0.2, 0.25) is 0 Å². The first-order valence-corrected chi connectivity index (χ1v) is 8.26. The van der Waals surface area contributed by atoms with Gasteiger partial charge in [-0.25, -0.2) is 0 Å². The summed E-state index contributed by atoms with van der Waals surface area (Å²) in [4.78, 5) is 1.27. The van der Waals surface area contributed by atoms with E-state index in [-0.39, 0.29) is 6.04 Å². The van der Waals surface area contributed by atoms with Crippen LogP contribution in [0.4, 0.5) is 0 Å². The molecule has 0 fully saturated rings. The van der Waals surface area contributed by atoms with Gasteiger partial charge in [0.05, 0.1) is 19.3 Å². The number of ether oxygens (including phenoxy) is 2. The number of hydrogen-bond acceptors (Lipinski definition) is 4. The van der Waals surface area contributed by atoms with Gasteiger partial charge in [-0.2, -0.15) is 0 Å². The SMILES string of the molecule is CNC(c1ccc2c(c1)OCCCO2)c1cc(Br)cs1. The lowest BCUT2D eigenvalue weighted by atomic mass is 10.0. The lowest BCUT2D eigenvalue weighted by molar-refractivity contribution is 0.297. The Labute approximate surface area is 131 Å². The smallest absolute Gasteiger partial charge is 0.161 e. The molecular weight excluding hydrogens is 338 g/mol. The maximum absolute atomic E-state index is 5.77. The molecule has 5 heteroatoms. The Hall–Kier alpha value is -1.04. The van der Waals surface area contributed by atoms with Crippen molar-refractivity contribution in [2.45, 2.75) is 12.5 Å². The van der Waals surface area contributed by atoms with Gasteiger partial charge >= 0.3 is 0 Å². The number of benzene rings is 1. The molecule has 0 saturated heterocycles. The molecule has 0 amide bonds. The quantitative estimate of drug-likeness (QED) is 0.905. The Bertz CT molecular complexity index is 599. The molecule has 0 bridgehead atoms. The summed E-state index contributed by atoms with van der Waals surface area (Å²) in [6, 6.07) is 8.50. The molecule has 0 aliphatic carbocycles. The van der Waals surface area contributed by atoms with E-state index in [0.717, 1.165) is 29.0 Å². The van der Waals surface area contributed by atoms with Crippen LogP contribution >= 0.6 is 27.3 Å². The van der Waals surface area contributed by atoms with Crippen molar-refractivity contribution in [2.24, 2.45) is 0 Å². The van der Waals surface area contributed by atoms with Gasteiger partial charge in [-0.3, -0.25) is 0 Å². The molecule has 1 aliphatic heterocycles. The highest BCUT2D eigenvalue weighted by atomic mass is 79.9. The zero-order valence-corrected chi connectivity index (χ0v) is 13.6. The molecule has 3 rings (SSSR count). The predicted octanol–water partition coefficient (Wildman–Crippen LogP) is 3.98. The summed E-state index contributed by atoms with van der Waals surface area (Å²) in [5, 5.41) is 5.46. The molecule has 1 aromatic heterocycles. The van der Waals surface area contributed by atoms with Crippen LogP contribution in [0.2, 0.25) is 0 Å². The largest absolute Gasteiger partial charge is 0.490 e. The Balaban J connectivity index is 1.94. The fourth-order valence-electron chi connectivity index (χ4n) is 2.31. The third kappa shape index (κ3) is 2.85. The highest BCUT2D eigenvalue weighted by molar-refractivity contribution is 9.10. The standard InChI is InChI=1S/C15H16BrNO2S/c1-17-15(14-8-11(16)9-20-14)10-3-4-12-13(7-10)19-6-2-5-18-12/h3-4,7-9,15,17H,2,5-6H2,1H3. The third-order valence-corrected chi connectivity index (χ3v) is 5.02. The van der Waals surface area contributed by atoms with Gasteiger partial charge in [-0.15, -0.1) is 11.3 Å². The van der Waals surface area contributed by atoms with E-state index in [1.54, 1.807) is 11.3 Å². The van der Waals surface area contributed by atoms with Gasteiger partial charge < -0.3 is 14.8 Å². The van der Waals surface area contributed by atoms with Crippen molar-refractivity contribution in [1.29, 1.82) is 0 Å². The van der Waals surface area contributed by atoms with Crippen LogP contribution in [0.5, 0.6) is 11.5 Å². The van der Waals surface area contributed by atoms with E-state index >= 15 is 0 Å². The number of thiophene rings is 1. The Morgan fingerprint density at radius 1 is 1.20 bits per heavy atom. The van der Waals surface area contributed by atoms with Crippen molar-refractivity contribution in [3.63, 3.8) is 0 Å². The van der Waals surface area contributed by atoms with Crippen molar-refractivity contribution in [2.75, 3.05) is 20.3 Å². The maximum Gasteiger partial charge on any atom is 0.161 e. The van der Waals surface area contributed by atoms with Crippen LogP contribution in [0.15, 0.2) is 34.1 Å². The number of fused-ring (bicyclic) bond motifs is 1. The van der Waals surface area contributed by atoms with Gasteiger partial charge in [-0.05, 0) is 46.7 Å². The van der Waals surface area contributed by atoms with Gasteiger partial charge in [-0.1, -0.05) is 6.07 Å². The summed E-state index contributed by atoms with van der Waals surface area (Å²) < 4.78 is 12.6. The second-order valence-corrected chi connectivity index (χ2v) is 6.50. The Morgan fingerprint density at radius 3 is 2.70 bits per heavy atom. The van der Waals surface area contributed by atoms with E-state index in [9.17, 15) is 0 Å². The highest BCUT2D eigenvalue weighted by Gasteiger charge is 2.18. The predicted molar refractivity (Wildman–Crippen MR) is 85.0 cm³/mol.